The second kappa shape index (κ2) is 5.92. The summed E-state index contributed by atoms with van der Waals surface area (Å²) in [5, 5.41) is -0.346. The molecule has 0 N–H and O–H groups in total. The van der Waals surface area contributed by atoms with Gasteiger partial charge in [0.25, 0.3) is 0 Å². The molecule has 0 saturated heterocycles. The second-order valence-corrected chi connectivity index (χ2v) is 7.11. The van der Waals surface area contributed by atoms with E-state index in [9.17, 15) is 17.6 Å². The number of nitrogens with zero attached hydrogens (tertiary/aromatic N) is 2. The molecule has 1 heterocycles. The zero-order valence-electron chi connectivity index (χ0n) is 12.4. The minimum atomic E-state index is -3.63. The van der Waals surface area contributed by atoms with E-state index in [1.54, 1.807) is 13.8 Å². The van der Waals surface area contributed by atoms with Crippen LogP contribution in [0.3, 0.4) is 0 Å². The number of aldehydes is 1. The van der Waals surface area contributed by atoms with Crippen molar-refractivity contribution in [2.75, 3.05) is 6.26 Å². The van der Waals surface area contributed by atoms with Gasteiger partial charge in [0.15, 0.2) is 6.29 Å². The Bertz CT molecular complexity index is 815. The van der Waals surface area contributed by atoms with Crippen molar-refractivity contribution in [1.29, 1.82) is 0 Å². The minimum Gasteiger partial charge on any atom is -0.298 e. The molecule has 5 nitrogen and oxygen atoms in total. The number of hydrogen-bond acceptors (Lipinski definition) is 5. The van der Waals surface area contributed by atoms with Crippen LogP contribution in [0.5, 0.6) is 0 Å². The summed E-state index contributed by atoms with van der Waals surface area (Å²) in [6.45, 7) is 3.60. The maximum atomic E-state index is 13.1. The van der Waals surface area contributed by atoms with Gasteiger partial charge in [-0.25, -0.2) is 22.8 Å². The fourth-order valence-corrected chi connectivity index (χ4v) is 2.54. The van der Waals surface area contributed by atoms with E-state index in [2.05, 4.69) is 9.97 Å². The van der Waals surface area contributed by atoms with Crippen LogP contribution in [-0.4, -0.2) is 30.9 Å². The van der Waals surface area contributed by atoms with Crippen molar-refractivity contribution >= 4 is 16.1 Å². The van der Waals surface area contributed by atoms with Gasteiger partial charge in [0.2, 0.25) is 15.0 Å². The van der Waals surface area contributed by atoms with Gasteiger partial charge in [-0.1, -0.05) is 13.8 Å². The summed E-state index contributed by atoms with van der Waals surface area (Å²) >= 11 is 0. The molecule has 0 aliphatic heterocycles. The van der Waals surface area contributed by atoms with Crippen LogP contribution in [0.4, 0.5) is 4.39 Å². The zero-order valence-corrected chi connectivity index (χ0v) is 13.2. The van der Waals surface area contributed by atoms with Crippen molar-refractivity contribution in [2.24, 2.45) is 0 Å². The topological polar surface area (TPSA) is 77.0 Å². The van der Waals surface area contributed by atoms with E-state index in [0.29, 0.717) is 17.5 Å². The first kappa shape index (κ1) is 16.2. The number of hydrogen-bond donors (Lipinski definition) is 0. The SMILES string of the molecule is CC(C)c1nc(S(C)(=O)=O)nc(-c2ccc(F)cc2)c1C=O. The molecule has 7 heteroatoms. The van der Waals surface area contributed by atoms with Gasteiger partial charge in [-0.3, -0.25) is 4.79 Å². The Morgan fingerprint density at radius 2 is 1.73 bits per heavy atom. The lowest BCUT2D eigenvalue weighted by atomic mass is 9.99. The zero-order chi connectivity index (χ0) is 16.5. The predicted octanol–water partition coefficient (Wildman–Crippen LogP) is 2.62. The molecule has 0 unspecified atom stereocenters. The summed E-state index contributed by atoms with van der Waals surface area (Å²) in [6.07, 6.45) is 1.60. The molecule has 0 bridgehead atoms. The smallest absolute Gasteiger partial charge is 0.247 e. The molecule has 0 spiro atoms. The number of sulfone groups is 1. The van der Waals surface area contributed by atoms with Crippen molar-refractivity contribution < 1.29 is 17.6 Å². The lowest BCUT2D eigenvalue weighted by Gasteiger charge is -2.13. The lowest BCUT2D eigenvalue weighted by molar-refractivity contribution is 0.112. The molecular weight excluding hydrogens is 307 g/mol. The first-order valence-electron chi connectivity index (χ1n) is 6.57. The van der Waals surface area contributed by atoms with E-state index in [0.717, 1.165) is 6.26 Å². The van der Waals surface area contributed by atoms with Crippen molar-refractivity contribution in [3.8, 4) is 11.3 Å². The third-order valence-corrected chi connectivity index (χ3v) is 3.91. The average molecular weight is 322 g/mol. The summed E-state index contributed by atoms with van der Waals surface area (Å²) in [5.74, 6) is -0.597. The molecule has 2 rings (SSSR count). The van der Waals surface area contributed by atoms with E-state index < -0.39 is 15.7 Å². The Morgan fingerprint density at radius 3 is 2.18 bits per heavy atom. The molecule has 0 radical (unpaired) electrons. The Balaban J connectivity index is 2.83. The summed E-state index contributed by atoms with van der Waals surface area (Å²) in [5.41, 5.74) is 1.21. The van der Waals surface area contributed by atoms with Gasteiger partial charge in [-0.05, 0) is 30.2 Å². The van der Waals surface area contributed by atoms with E-state index >= 15 is 0 Å². The van der Waals surface area contributed by atoms with Crippen molar-refractivity contribution in [1.82, 2.24) is 9.97 Å². The third-order valence-electron chi connectivity index (χ3n) is 3.07. The van der Waals surface area contributed by atoms with Gasteiger partial charge in [0.1, 0.15) is 5.82 Å². The van der Waals surface area contributed by atoms with Crippen molar-refractivity contribution in [2.45, 2.75) is 24.9 Å². The van der Waals surface area contributed by atoms with Crippen LogP contribution in [0.15, 0.2) is 29.4 Å². The number of aromatic nitrogens is 2. The van der Waals surface area contributed by atoms with Crippen LogP contribution < -0.4 is 0 Å². The van der Waals surface area contributed by atoms with Crippen LogP contribution >= 0.6 is 0 Å². The summed E-state index contributed by atoms with van der Waals surface area (Å²) in [7, 11) is -3.63. The van der Waals surface area contributed by atoms with Crippen LogP contribution in [0.2, 0.25) is 0 Å². The number of rotatable bonds is 4. The Hall–Kier alpha value is -2.15. The fourth-order valence-electron chi connectivity index (χ4n) is 2.02. The van der Waals surface area contributed by atoms with Gasteiger partial charge < -0.3 is 0 Å². The number of carbonyl (C=O) groups excluding carboxylic acids is 1. The van der Waals surface area contributed by atoms with Gasteiger partial charge in [-0.2, -0.15) is 0 Å². The van der Waals surface area contributed by atoms with Crippen LogP contribution in [0, 0.1) is 5.82 Å². The van der Waals surface area contributed by atoms with Crippen LogP contribution in [-0.2, 0) is 9.84 Å². The van der Waals surface area contributed by atoms with Gasteiger partial charge in [-0.15, -0.1) is 0 Å². The second-order valence-electron chi connectivity index (χ2n) is 5.21. The van der Waals surface area contributed by atoms with E-state index in [4.69, 9.17) is 0 Å². The average Bonchev–Trinajstić information content (AvgIpc) is 2.45. The molecule has 0 atom stereocenters. The van der Waals surface area contributed by atoms with Crippen molar-refractivity contribution in [3.05, 3.63) is 41.3 Å². The first-order chi connectivity index (χ1) is 10.2. The summed E-state index contributed by atoms with van der Waals surface area (Å²) < 4.78 is 36.6. The minimum absolute atomic E-state index is 0.164. The first-order valence-corrected chi connectivity index (χ1v) is 8.46. The highest BCUT2D eigenvalue weighted by atomic mass is 32.2. The standard InChI is InChI=1S/C15H15FN2O3S/c1-9(2)13-12(8-19)14(10-4-6-11(16)7-5-10)18-15(17-13)22(3,20)21/h4-9H,1-3H3. The predicted molar refractivity (Wildman–Crippen MR) is 80.0 cm³/mol. The Labute approximate surface area is 128 Å². The molecule has 2 aromatic rings. The van der Waals surface area contributed by atoms with Crippen LogP contribution in [0.25, 0.3) is 11.3 Å². The fraction of sp³-hybridized carbons (Fsp3) is 0.267. The highest BCUT2D eigenvalue weighted by Crippen LogP contribution is 2.27. The monoisotopic (exact) mass is 322 g/mol. The molecule has 0 aliphatic rings. The number of carbonyl (C=O) groups is 1. The van der Waals surface area contributed by atoms with Crippen LogP contribution in [0.1, 0.15) is 35.8 Å². The lowest BCUT2D eigenvalue weighted by Crippen LogP contribution is -2.12. The van der Waals surface area contributed by atoms with Gasteiger partial charge in [0, 0.05) is 11.8 Å². The molecule has 0 fully saturated rings. The van der Waals surface area contributed by atoms with Gasteiger partial charge >= 0.3 is 0 Å². The van der Waals surface area contributed by atoms with E-state index in [-0.39, 0.29) is 22.3 Å². The van der Waals surface area contributed by atoms with E-state index in [1.165, 1.54) is 24.3 Å². The largest absolute Gasteiger partial charge is 0.298 e. The highest BCUT2D eigenvalue weighted by Gasteiger charge is 2.21. The van der Waals surface area contributed by atoms with E-state index in [1.807, 2.05) is 0 Å². The maximum Gasteiger partial charge on any atom is 0.247 e. The number of halogens is 1. The molecule has 0 amide bonds. The summed E-state index contributed by atoms with van der Waals surface area (Å²) in [6, 6.07) is 5.34. The third kappa shape index (κ3) is 3.19. The molecule has 116 valence electrons. The molecule has 1 aromatic carbocycles. The molecule has 22 heavy (non-hydrogen) atoms. The number of benzene rings is 1. The maximum absolute atomic E-state index is 13.1. The highest BCUT2D eigenvalue weighted by molar-refractivity contribution is 7.90. The molecule has 1 aromatic heterocycles. The van der Waals surface area contributed by atoms with Gasteiger partial charge in [0.05, 0.1) is 17.0 Å². The normalized spacial score (nSPS) is 11.7. The quantitative estimate of drug-likeness (QED) is 0.639. The Kier molecular flexibility index (Phi) is 4.37. The molecule has 0 aliphatic carbocycles. The summed E-state index contributed by atoms with van der Waals surface area (Å²) in [4.78, 5) is 19.5. The van der Waals surface area contributed by atoms with Crippen molar-refractivity contribution in [3.63, 3.8) is 0 Å². The Morgan fingerprint density at radius 1 is 1.14 bits per heavy atom. The molecule has 0 saturated carbocycles. The molecular formula is C15H15FN2O3S.